The summed E-state index contributed by atoms with van der Waals surface area (Å²) in [6, 6.07) is 11.1. The number of hydrogen-bond acceptors (Lipinski definition) is 2. The second-order valence-electron chi connectivity index (χ2n) is 4.92. The smallest absolute Gasteiger partial charge is 0.340 e. The van der Waals surface area contributed by atoms with Crippen LogP contribution >= 0.6 is 46.4 Å². The van der Waals surface area contributed by atoms with Crippen LogP contribution in [0, 0.1) is 0 Å². The molecule has 6 heteroatoms. The maximum atomic E-state index is 11.9. The van der Waals surface area contributed by atoms with E-state index in [1.165, 1.54) is 0 Å². The average Bonchev–Trinajstić information content (AvgIpc) is 2.46. The van der Waals surface area contributed by atoms with Crippen LogP contribution in [-0.4, -0.2) is 10.8 Å². The van der Waals surface area contributed by atoms with Gasteiger partial charge in [0.2, 0.25) is 4.84 Å². The summed E-state index contributed by atoms with van der Waals surface area (Å²) >= 11 is 23.8. The van der Waals surface area contributed by atoms with Gasteiger partial charge >= 0.3 is 5.97 Å². The highest BCUT2D eigenvalue weighted by atomic mass is 35.5. The Labute approximate surface area is 147 Å². The zero-order chi connectivity index (χ0) is 15.9. The van der Waals surface area contributed by atoms with Gasteiger partial charge in [-0.05, 0) is 29.7 Å². The number of esters is 1. The minimum Gasteiger partial charge on any atom is -0.450 e. The Kier molecular flexibility index (Phi) is 4.56. The first-order valence-corrected chi connectivity index (χ1v) is 8.15. The fourth-order valence-corrected chi connectivity index (χ4v) is 3.38. The van der Waals surface area contributed by atoms with Gasteiger partial charge in [0.1, 0.15) is 0 Å². The van der Waals surface area contributed by atoms with Crippen molar-refractivity contribution < 1.29 is 9.53 Å². The average molecular weight is 376 g/mol. The predicted octanol–water partition coefficient (Wildman–Crippen LogP) is 5.33. The number of halogens is 4. The summed E-state index contributed by atoms with van der Waals surface area (Å²) in [6.45, 7) is 0. The number of rotatable bonds is 2. The first kappa shape index (κ1) is 15.9. The minimum atomic E-state index is -1.26. The van der Waals surface area contributed by atoms with Crippen molar-refractivity contribution in [3.63, 3.8) is 0 Å². The van der Waals surface area contributed by atoms with Crippen LogP contribution in [0.4, 0.5) is 0 Å². The first-order chi connectivity index (χ1) is 10.5. The van der Waals surface area contributed by atoms with E-state index in [2.05, 4.69) is 0 Å². The molecule has 0 radical (unpaired) electrons. The van der Waals surface area contributed by atoms with Crippen molar-refractivity contribution in [2.24, 2.45) is 0 Å². The van der Waals surface area contributed by atoms with E-state index in [9.17, 15) is 4.79 Å². The van der Waals surface area contributed by atoms with Gasteiger partial charge < -0.3 is 4.74 Å². The summed E-state index contributed by atoms with van der Waals surface area (Å²) in [5.74, 6) is -0.730. The topological polar surface area (TPSA) is 26.3 Å². The van der Waals surface area contributed by atoms with Crippen molar-refractivity contribution in [2.45, 2.75) is 17.4 Å². The largest absolute Gasteiger partial charge is 0.450 e. The molecule has 0 aliphatic heterocycles. The van der Waals surface area contributed by atoms with Crippen molar-refractivity contribution in [1.82, 2.24) is 0 Å². The molecule has 1 aliphatic rings. The summed E-state index contributed by atoms with van der Waals surface area (Å²) < 4.78 is 5.50. The zero-order valence-corrected chi connectivity index (χ0v) is 14.2. The number of hydrogen-bond donors (Lipinski definition) is 0. The predicted molar refractivity (Wildman–Crippen MR) is 89.1 cm³/mol. The number of alkyl halides is 2. The Morgan fingerprint density at radius 1 is 1.00 bits per heavy atom. The van der Waals surface area contributed by atoms with E-state index in [0.29, 0.717) is 16.5 Å². The third-order valence-corrected chi connectivity index (χ3v) is 4.62. The molecule has 2 nitrogen and oxygen atoms in total. The minimum absolute atomic E-state index is 0.515. The quantitative estimate of drug-likeness (QED) is 0.523. The molecule has 0 fully saturated rings. The van der Waals surface area contributed by atoms with E-state index in [1.807, 2.05) is 24.3 Å². The summed E-state index contributed by atoms with van der Waals surface area (Å²) in [5.41, 5.74) is 3.43. The van der Waals surface area contributed by atoms with Gasteiger partial charge in [-0.2, -0.15) is 0 Å². The van der Waals surface area contributed by atoms with Crippen LogP contribution in [0.25, 0.3) is 0 Å². The Morgan fingerprint density at radius 2 is 1.50 bits per heavy atom. The maximum Gasteiger partial charge on any atom is 0.340 e. The third-order valence-electron chi connectivity index (χ3n) is 3.60. The molecule has 22 heavy (non-hydrogen) atoms. The lowest BCUT2D eigenvalue weighted by Crippen LogP contribution is -2.23. The summed E-state index contributed by atoms with van der Waals surface area (Å²) in [7, 11) is 0. The van der Waals surface area contributed by atoms with Gasteiger partial charge in [-0.15, -0.1) is 0 Å². The van der Waals surface area contributed by atoms with Crippen molar-refractivity contribution in [3.05, 3.63) is 68.7 Å². The Bertz CT molecular complexity index is 691. The molecule has 0 bridgehead atoms. The molecule has 2 aromatic rings. The fourth-order valence-electron chi connectivity index (χ4n) is 2.69. The molecule has 0 atom stereocenters. The van der Waals surface area contributed by atoms with E-state index < -0.39 is 16.9 Å². The SMILES string of the molecule is O=C(OC1c2c(Cl)cccc2Cc2cccc(Cl)c21)C(Cl)Cl. The molecule has 0 amide bonds. The first-order valence-electron chi connectivity index (χ1n) is 6.52. The normalized spacial score (nSPS) is 13.7. The van der Waals surface area contributed by atoms with Gasteiger partial charge in [0, 0.05) is 21.2 Å². The van der Waals surface area contributed by atoms with Crippen molar-refractivity contribution in [1.29, 1.82) is 0 Å². The summed E-state index contributed by atoms with van der Waals surface area (Å²) in [4.78, 5) is 10.6. The molecular formula is C16H10Cl4O2. The molecule has 114 valence electrons. The maximum absolute atomic E-state index is 11.9. The van der Waals surface area contributed by atoms with E-state index in [0.717, 1.165) is 22.3 Å². The van der Waals surface area contributed by atoms with Crippen LogP contribution in [0.2, 0.25) is 10.0 Å². The molecular weight excluding hydrogens is 366 g/mol. The highest BCUT2D eigenvalue weighted by Crippen LogP contribution is 2.44. The van der Waals surface area contributed by atoms with Crippen LogP contribution in [0.15, 0.2) is 36.4 Å². The summed E-state index contributed by atoms with van der Waals surface area (Å²) in [5, 5.41) is 1.03. The molecule has 3 rings (SSSR count). The number of benzene rings is 2. The van der Waals surface area contributed by atoms with Crippen LogP contribution in [0.3, 0.4) is 0 Å². The van der Waals surface area contributed by atoms with Crippen molar-refractivity contribution >= 4 is 52.4 Å². The lowest BCUT2D eigenvalue weighted by atomic mass is 9.84. The van der Waals surface area contributed by atoms with E-state index in [-0.39, 0.29) is 0 Å². The molecule has 0 unspecified atom stereocenters. The number of fused-ring (bicyclic) bond motifs is 2. The van der Waals surface area contributed by atoms with E-state index in [1.54, 1.807) is 12.1 Å². The van der Waals surface area contributed by atoms with Gasteiger partial charge in [-0.1, -0.05) is 70.7 Å². The van der Waals surface area contributed by atoms with Crippen molar-refractivity contribution in [2.75, 3.05) is 0 Å². The third kappa shape index (κ3) is 2.81. The highest BCUT2D eigenvalue weighted by Gasteiger charge is 2.33. The molecule has 0 saturated carbocycles. The molecule has 0 spiro atoms. The Hall–Kier alpha value is -0.930. The zero-order valence-electron chi connectivity index (χ0n) is 11.2. The van der Waals surface area contributed by atoms with Gasteiger partial charge in [0.05, 0.1) is 0 Å². The van der Waals surface area contributed by atoms with Gasteiger partial charge in [-0.25, -0.2) is 4.79 Å². The molecule has 0 N–H and O–H groups in total. The highest BCUT2D eigenvalue weighted by molar-refractivity contribution is 6.52. The van der Waals surface area contributed by atoms with Crippen LogP contribution in [0.5, 0.6) is 0 Å². The molecule has 1 aliphatic carbocycles. The van der Waals surface area contributed by atoms with Crippen LogP contribution in [0.1, 0.15) is 28.4 Å². The van der Waals surface area contributed by atoms with Crippen LogP contribution in [-0.2, 0) is 16.0 Å². The number of ether oxygens (including phenoxy) is 1. The Balaban J connectivity index is 2.16. The second-order valence-corrected chi connectivity index (χ2v) is 6.83. The molecule has 0 saturated heterocycles. The van der Waals surface area contributed by atoms with Crippen molar-refractivity contribution in [3.8, 4) is 0 Å². The van der Waals surface area contributed by atoms with E-state index in [4.69, 9.17) is 51.1 Å². The van der Waals surface area contributed by atoms with Crippen LogP contribution < -0.4 is 0 Å². The standard InChI is InChI=1S/C16H10Cl4O2/c17-10-5-1-3-8-7-9-4-2-6-11(18)13(9)14(12(8)10)22-16(21)15(19)20/h1-6,14-15H,7H2. The molecule has 0 heterocycles. The monoisotopic (exact) mass is 374 g/mol. The second kappa shape index (κ2) is 6.29. The molecule has 2 aromatic carbocycles. The Morgan fingerprint density at radius 3 is 1.95 bits per heavy atom. The lowest BCUT2D eigenvalue weighted by molar-refractivity contribution is -0.145. The van der Waals surface area contributed by atoms with Gasteiger partial charge in [0.25, 0.3) is 0 Å². The summed E-state index contributed by atoms with van der Waals surface area (Å²) in [6.07, 6.45) is -0.0426. The number of carbonyl (C=O) groups excluding carboxylic acids is 1. The lowest BCUT2D eigenvalue weighted by Gasteiger charge is -2.30. The van der Waals surface area contributed by atoms with E-state index >= 15 is 0 Å². The van der Waals surface area contributed by atoms with Gasteiger partial charge in [-0.3, -0.25) is 0 Å². The molecule has 0 aromatic heterocycles. The number of carbonyl (C=O) groups is 1. The fraction of sp³-hybridized carbons (Fsp3) is 0.188. The van der Waals surface area contributed by atoms with Gasteiger partial charge in [0.15, 0.2) is 6.10 Å².